The van der Waals surface area contributed by atoms with Gasteiger partial charge in [0.15, 0.2) is 0 Å². The van der Waals surface area contributed by atoms with Crippen LogP contribution in [0.25, 0.3) is 11.0 Å². The van der Waals surface area contributed by atoms with Gasteiger partial charge in [0.25, 0.3) is 0 Å². The van der Waals surface area contributed by atoms with Crippen molar-refractivity contribution < 1.29 is 0 Å². The first-order chi connectivity index (χ1) is 9.34. The van der Waals surface area contributed by atoms with Crippen LogP contribution in [0.2, 0.25) is 0 Å². The van der Waals surface area contributed by atoms with Gasteiger partial charge in [0.1, 0.15) is 5.82 Å². The van der Waals surface area contributed by atoms with Crippen LogP contribution in [0.15, 0.2) is 24.3 Å². The quantitative estimate of drug-likeness (QED) is 0.912. The molecule has 1 aromatic heterocycles. The third-order valence-corrected chi connectivity index (χ3v) is 4.30. The highest BCUT2D eigenvalue weighted by Crippen LogP contribution is 2.20. The summed E-state index contributed by atoms with van der Waals surface area (Å²) >= 11 is 0. The van der Waals surface area contributed by atoms with Crippen molar-refractivity contribution in [3.63, 3.8) is 0 Å². The van der Waals surface area contributed by atoms with Crippen LogP contribution < -0.4 is 5.32 Å². The number of hydrogen-bond donors (Lipinski definition) is 1. The van der Waals surface area contributed by atoms with E-state index in [0.29, 0.717) is 0 Å². The molecular weight excluding hydrogens is 234 g/mol. The molecule has 1 aliphatic heterocycles. The maximum Gasteiger partial charge on any atom is 0.106 e. The molecule has 1 aromatic carbocycles. The highest BCUT2D eigenvalue weighted by atomic mass is 15.1. The van der Waals surface area contributed by atoms with E-state index in [-0.39, 0.29) is 0 Å². The minimum Gasteiger partial charge on any atom is -0.328 e. The van der Waals surface area contributed by atoms with Crippen molar-refractivity contribution in [2.75, 3.05) is 13.1 Å². The van der Waals surface area contributed by atoms with Crippen LogP contribution in [-0.2, 0) is 6.54 Å². The van der Waals surface area contributed by atoms with Crippen molar-refractivity contribution in [1.29, 1.82) is 0 Å². The molecule has 1 saturated heterocycles. The first-order valence-corrected chi connectivity index (χ1v) is 7.47. The van der Waals surface area contributed by atoms with Gasteiger partial charge >= 0.3 is 0 Å². The van der Waals surface area contributed by atoms with E-state index in [9.17, 15) is 0 Å². The summed E-state index contributed by atoms with van der Waals surface area (Å²) in [6, 6.07) is 8.45. The van der Waals surface area contributed by atoms with Crippen LogP contribution in [0.4, 0.5) is 0 Å². The van der Waals surface area contributed by atoms with Crippen molar-refractivity contribution in [3.8, 4) is 0 Å². The van der Waals surface area contributed by atoms with Gasteiger partial charge in [-0.2, -0.15) is 0 Å². The van der Waals surface area contributed by atoms with Gasteiger partial charge in [-0.05, 0) is 63.7 Å². The number of imidazole rings is 1. The number of benzene rings is 1. The fourth-order valence-electron chi connectivity index (χ4n) is 3.19. The Balaban J connectivity index is 1.63. The molecule has 3 heteroatoms. The number of para-hydroxylation sites is 2. The summed E-state index contributed by atoms with van der Waals surface area (Å²) in [7, 11) is 0. The molecule has 3 nitrogen and oxygen atoms in total. The predicted molar refractivity (Wildman–Crippen MR) is 79.3 cm³/mol. The Morgan fingerprint density at radius 2 is 2.05 bits per heavy atom. The molecule has 102 valence electrons. The second-order valence-electron chi connectivity index (χ2n) is 5.63. The number of nitrogens with zero attached hydrogens (tertiary/aromatic N) is 2. The number of hydrogen-bond acceptors (Lipinski definition) is 2. The predicted octanol–water partition coefficient (Wildman–Crippen LogP) is 3.12. The minimum absolute atomic E-state index is 0.927. The van der Waals surface area contributed by atoms with Crippen LogP contribution in [-0.4, -0.2) is 22.6 Å². The Morgan fingerprint density at radius 3 is 2.89 bits per heavy atom. The second-order valence-corrected chi connectivity index (χ2v) is 5.63. The van der Waals surface area contributed by atoms with Crippen molar-refractivity contribution in [2.45, 2.75) is 39.2 Å². The van der Waals surface area contributed by atoms with E-state index in [0.717, 1.165) is 23.8 Å². The minimum atomic E-state index is 0.927. The monoisotopic (exact) mass is 257 g/mol. The topological polar surface area (TPSA) is 29.9 Å². The van der Waals surface area contributed by atoms with Crippen molar-refractivity contribution in [1.82, 2.24) is 14.9 Å². The SMILES string of the molecule is Cc1nc2ccccc2n1CCCC1CCNCC1. The molecule has 0 aliphatic carbocycles. The van der Waals surface area contributed by atoms with E-state index < -0.39 is 0 Å². The zero-order valence-electron chi connectivity index (χ0n) is 11.7. The van der Waals surface area contributed by atoms with Gasteiger partial charge in [-0.1, -0.05) is 12.1 Å². The molecule has 0 atom stereocenters. The van der Waals surface area contributed by atoms with Gasteiger partial charge < -0.3 is 9.88 Å². The molecule has 0 amide bonds. The molecule has 0 unspecified atom stereocenters. The Morgan fingerprint density at radius 1 is 1.26 bits per heavy atom. The summed E-state index contributed by atoms with van der Waals surface area (Å²) in [6.07, 6.45) is 5.33. The lowest BCUT2D eigenvalue weighted by atomic mass is 9.93. The fraction of sp³-hybridized carbons (Fsp3) is 0.562. The standard InChI is InChI=1S/C16H23N3/c1-13-18-15-6-2-3-7-16(15)19(13)12-4-5-14-8-10-17-11-9-14/h2-3,6-7,14,17H,4-5,8-12H2,1H3. The highest BCUT2D eigenvalue weighted by molar-refractivity contribution is 5.75. The third kappa shape index (κ3) is 2.81. The van der Waals surface area contributed by atoms with Gasteiger partial charge in [-0.25, -0.2) is 4.98 Å². The molecule has 0 bridgehead atoms. The molecule has 0 radical (unpaired) electrons. The van der Waals surface area contributed by atoms with Crippen LogP contribution in [0.1, 0.15) is 31.5 Å². The fourth-order valence-corrected chi connectivity index (χ4v) is 3.19. The zero-order valence-corrected chi connectivity index (χ0v) is 11.7. The summed E-state index contributed by atoms with van der Waals surface area (Å²) < 4.78 is 2.37. The number of aryl methyl sites for hydroxylation is 2. The summed E-state index contributed by atoms with van der Waals surface area (Å²) in [6.45, 7) is 5.64. The largest absolute Gasteiger partial charge is 0.328 e. The second kappa shape index (κ2) is 5.74. The van der Waals surface area contributed by atoms with Gasteiger partial charge in [-0.15, -0.1) is 0 Å². The summed E-state index contributed by atoms with van der Waals surface area (Å²) in [5.41, 5.74) is 2.41. The first kappa shape index (κ1) is 12.7. The lowest BCUT2D eigenvalue weighted by Crippen LogP contribution is -2.27. The van der Waals surface area contributed by atoms with Crippen LogP contribution in [0.5, 0.6) is 0 Å². The Bertz CT molecular complexity index is 538. The van der Waals surface area contributed by atoms with E-state index in [1.165, 1.54) is 44.3 Å². The lowest BCUT2D eigenvalue weighted by Gasteiger charge is -2.22. The molecule has 3 rings (SSSR count). The van der Waals surface area contributed by atoms with Crippen molar-refractivity contribution in [3.05, 3.63) is 30.1 Å². The summed E-state index contributed by atoms with van der Waals surface area (Å²) in [4.78, 5) is 4.63. The van der Waals surface area contributed by atoms with E-state index in [2.05, 4.69) is 46.1 Å². The molecule has 0 spiro atoms. The number of fused-ring (bicyclic) bond motifs is 1. The number of piperidine rings is 1. The molecule has 1 aliphatic rings. The Hall–Kier alpha value is -1.35. The third-order valence-electron chi connectivity index (χ3n) is 4.30. The molecule has 0 saturated carbocycles. The first-order valence-electron chi connectivity index (χ1n) is 7.47. The zero-order chi connectivity index (χ0) is 13.1. The van der Waals surface area contributed by atoms with Crippen molar-refractivity contribution in [2.24, 2.45) is 5.92 Å². The van der Waals surface area contributed by atoms with E-state index in [4.69, 9.17) is 0 Å². The molecule has 19 heavy (non-hydrogen) atoms. The summed E-state index contributed by atoms with van der Waals surface area (Å²) in [5, 5.41) is 3.44. The molecule has 2 aromatic rings. The highest BCUT2D eigenvalue weighted by Gasteiger charge is 2.13. The van der Waals surface area contributed by atoms with Crippen LogP contribution >= 0.6 is 0 Å². The van der Waals surface area contributed by atoms with Gasteiger partial charge in [-0.3, -0.25) is 0 Å². The van der Waals surface area contributed by atoms with Crippen LogP contribution in [0, 0.1) is 12.8 Å². The molecule has 2 heterocycles. The summed E-state index contributed by atoms with van der Waals surface area (Å²) in [5.74, 6) is 2.07. The van der Waals surface area contributed by atoms with Gasteiger partial charge in [0.2, 0.25) is 0 Å². The van der Waals surface area contributed by atoms with Crippen LogP contribution in [0.3, 0.4) is 0 Å². The normalized spacial score (nSPS) is 17.1. The van der Waals surface area contributed by atoms with Crippen molar-refractivity contribution >= 4 is 11.0 Å². The average Bonchev–Trinajstić information content (AvgIpc) is 2.76. The van der Waals surface area contributed by atoms with Gasteiger partial charge in [0, 0.05) is 6.54 Å². The maximum atomic E-state index is 4.63. The number of rotatable bonds is 4. The Kier molecular flexibility index (Phi) is 3.83. The number of nitrogens with one attached hydrogen (secondary N) is 1. The van der Waals surface area contributed by atoms with E-state index >= 15 is 0 Å². The molecular formula is C16H23N3. The lowest BCUT2D eigenvalue weighted by molar-refractivity contribution is 0.340. The van der Waals surface area contributed by atoms with E-state index in [1.54, 1.807) is 0 Å². The van der Waals surface area contributed by atoms with E-state index in [1.807, 2.05) is 0 Å². The number of aromatic nitrogens is 2. The Labute approximate surface area is 115 Å². The molecule has 1 N–H and O–H groups in total. The average molecular weight is 257 g/mol. The molecule has 1 fully saturated rings. The van der Waals surface area contributed by atoms with Gasteiger partial charge in [0.05, 0.1) is 11.0 Å². The smallest absolute Gasteiger partial charge is 0.106 e. The maximum absolute atomic E-state index is 4.63.